The molecule has 25 heavy (non-hydrogen) atoms. The molecule has 0 aliphatic carbocycles. The number of halogens is 3. The second-order valence-corrected chi connectivity index (χ2v) is 5.90. The first-order valence-electron chi connectivity index (χ1n) is 7.45. The van der Waals surface area contributed by atoms with E-state index in [-0.39, 0.29) is 11.4 Å². The average molecular weight is 357 g/mol. The second kappa shape index (κ2) is 5.89. The van der Waals surface area contributed by atoms with Crippen LogP contribution < -0.4 is 0 Å². The van der Waals surface area contributed by atoms with Crippen LogP contribution in [0.25, 0.3) is 33.7 Å². The highest BCUT2D eigenvalue weighted by molar-refractivity contribution is 6.34. The van der Waals surface area contributed by atoms with Crippen molar-refractivity contribution in [2.24, 2.45) is 7.05 Å². The SMILES string of the molecule is Cn1c(-c2c(F)cccc2F)nnc1-c1c(Cl)ccc2ncccc12. The molecular formula is C18H11ClF2N4. The smallest absolute Gasteiger partial charge is 0.169 e. The maximum Gasteiger partial charge on any atom is 0.169 e. The fourth-order valence-electron chi connectivity index (χ4n) is 2.83. The summed E-state index contributed by atoms with van der Waals surface area (Å²) in [6.45, 7) is 0. The first kappa shape index (κ1) is 15.7. The van der Waals surface area contributed by atoms with Crippen LogP contribution in [0.2, 0.25) is 5.02 Å². The summed E-state index contributed by atoms with van der Waals surface area (Å²) < 4.78 is 29.7. The second-order valence-electron chi connectivity index (χ2n) is 5.50. The molecule has 0 amide bonds. The van der Waals surface area contributed by atoms with Crippen LogP contribution in [-0.2, 0) is 7.05 Å². The molecule has 0 bridgehead atoms. The van der Waals surface area contributed by atoms with Gasteiger partial charge in [0.2, 0.25) is 0 Å². The third-order valence-corrected chi connectivity index (χ3v) is 4.33. The Morgan fingerprint density at radius 2 is 1.56 bits per heavy atom. The van der Waals surface area contributed by atoms with Crippen molar-refractivity contribution in [2.75, 3.05) is 0 Å². The Morgan fingerprint density at radius 1 is 0.880 bits per heavy atom. The lowest BCUT2D eigenvalue weighted by atomic mass is 10.1. The highest BCUT2D eigenvalue weighted by Crippen LogP contribution is 2.35. The van der Waals surface area contributed by atoms with Gasteiger partial charge in [0.15, 0.2) is 11.6 Å². The molecule has 7 heteroatoms. The first-order valence-corrected chi connectivity index (χ1v) is 7.83. The van der Waals surface area contributed by atoms with Crippen molar-refractivity contribution in [3.8, 4) is 22.8 Å². The highest BCUT2D eigenvalue weighted by Gasteiger charge is 2.21. The van der Waals surface area contributed by atoms with Crippen LogP contribution in [0.5, 0.6) is 0 Å². The number of pyridine rings is 1. The molecule has 0 atom stereocenters. The third-order valence-electron chi connectivity index (χ3n) is 4.02. The maximum atomic E-state index is 14.1. The van der Waals surface area contributed by atoms with Crippen LogP contribution in [0.1, 0.15) is 0 Å². The molecule has 0 radical (unpaired) electrons. The molecule has 0 spiro atoms. The molecule has 2 aromatic heterocycles. The van der Waals surface area contributed by atoms with Crippen molar-refractivity contribution in [3.63, 3.8) is 0 Å². The molecule has 4 rings (SSSR count). The molecule has 0 unspecified atom stereocenters. The van der Waals surface area contributed by atoms with Gasteiger partial charge in [-0.05, 0) is 30.3 Å². The van der Waals surface area contributed by atoms with Crippen LogP contribution in [0.3, 0.4) is 0 Å². The Balaban J connectivity index is 1.99. The minimum absolute atomic E-state index is 0.0857. The van der Waals surface area contributed by atoms with E-state index >= 15 is 0 Å². The number of fused-ring (bicyclic) bond motifs is 1. The summed E-state index contributed by atoms with van der Waals surface area (Å²) in [5.74, 6) is -0.913. The maximum absolute atomic E-state index is 14.1. The predicted molar refractivity (Wildman–Crippen MR) is 92.1 cm³/mol. The van der Waals surface area contributed by atoms with E-state index in [1.807, 2.05) is 6.07 Å². The summed E-state index contributed by atoms with van der Waals surface area (Å²) >= 11 is 6.37. The van der Waals surface area contributed by atoms with E-state index in [4.69, 9.17) is 11.6 Å². The molecule has 2 aromatic carbocycles. The quantitative estimate of drug-likeness (QED) is 0.526. The Morgan fingerprint density at radius 3 is 2.28 bits per heavy atom. The Kier molecular flexibility index (Phi) is 3.69. The minimum Gasteiger partial charge on any atom is -0.310 e. The summed E-state index contributed by atoms with van der Waals surface area (Å²) in [7, 11) is 1.64. The molecule has 0 saturated carbocycles. The summed E-state index contributed by atoms with van der Waals surface area (Å²) in [5.41, 5.74) is 1.13. The molecule has 4 nitrogen and oxygen atoms in total. The third kappa shape index (κ3) is 2.46. The summed E-state index contributed by atoms with van der Waals surface area (Å²) in [6.07, 6.45) is 1.68. The Labute approximate surface area is 146 Å². The van der Waals surface area contributed by atoms with Crippen LogP contribution in [-0.4, -0.2) is 19.7 Å². The molecule has 124 valence electrons. The molecule has 0 saturated heterocycles. The van der Waals surface area contributed by atoms with Crippen molar-refractivity contribution in [2.45, 2.75) is 0 Å². The van der Waals surface area contributed by atoms with Gasteiger partial charge in [-0.15, -0.1) is 10.2 Å². The first-order chi connectivity index (χ1) is 12.1. The topological polar surface area (TPSA) is 43.6 Å². The molecular weight excluding hydrogens is 346 g/mol. The van der Waals surface area contributed by atoms with E-state index in [2.05, 4.69) is 15.2 Å². The molecule has 2 heterocycles. The summed E-state index contributed by atoms with van der Waals surface area (Å²) in [5, 5.41) is 9.35. The lowest BCUT2D eigenvalue weighted by Gasteiger charge is -2.09. The fraction of sp³-hybridized carbons (Fsp3) is 0.0556. The monoisotopic (exact) mass is 356 g/mol. The van der Waals surface area contributed by atoms with Gasteiger partial charge >= 0.3 is 0 Å². The van der Waals surface area contributed by atoms with Crippen LogP contribution in [0.15, 0.2) is 48.7 Å². The molecule has 0 N–H and O–H groups in total. The number of benzene rings is 2. The van der Waals surface area contributed by atoms with Crippen molar-refractivity contribution in [1.29, 1.82) is 0 Å². The lowest BCUT2D eigenvalue weighted by Crippen LogP contribution is -2.00. The zero-order valence-corrected chi connectivity index (χ0v) is 13.8. The fourth-order valence-corrected chi connectivity index (χ4v) is 3.08. The van der Waals surface area contributed by atoms with Gasteiger partial charge in [-0.2, -0.15) is 0 Å². The molecule has 0 aliphatic heterocycles. The van der Waals surface area contributed by atoms with Crippen LogP contribution in [0.4, 0.5) is 8.78 Å². The zero-order chi connectivity index (χ0) is 17.6. The van der Waals surface area contributed by atoms with Gasteiger partial charge in [-0.25, -0.2) is 8.78 Å². The van der Waals surface area contributed by atoms with Gasteiger partial charge < -0.3 is 4.57 Å². The van der Waals surface area contributed by atoms with E-state index in [9.17, 15) is 8.78 Å². The van der Waals surface area contributed by atoms with Gasteiger partial charge in [-0.1, -0.05) is 23.7 Å². The average Bonchev–Trinajstić information content (AvgIpc) is 2.96. The zero-order valence-electron chi connectivity index (χ0n) is 13.0. The lowest BCUT2D eigenvalue weighted by molar-refractivity contribution is 0.586. The van der Waals surface area contributed by atoms with E-state index in [0.717, 1.165) is 10.9 Å². The molecule has 0 fully saturated rings. The minimum atomic E-state index is -0.701. The molecule has 4 aromatic rings. The van der Waals surface area contributed by atoms with E-state index in [1.54, 1.807) is 31.4 Å². The molecule has 0 aliphatic rings. The van der Waals surface area contributed by atoms with Crippen LogP contribution >= 0.6 is 11.6 Å². The summed E-state index contributed by atoms with van der Waals surface area (Å²) in [4.78, 5) is 4.30. The van der Waals surface area contributed by atoms with Gasteiger partial charge in [0.25, 0.3) is 0 Å². The number of aromatic nitrogens is 4. The summed E-state index contributed by atoms with van der Waals surface area (Å²) in [6, 6.07) is 10.8. The number of nitrogens with zero attached hydrogens (tertiary/aromatic N) is 4. The van der Waals surface area contributed by atoms with Crippen molar-refractivity contribution in [1.82, 2.24) is 19.7 Å². The van der Waals surface area contributed by atoms with Crippen LogP contribution in [0, 0.1) is 11.6 Å². The van der Waals surface area contributed by atoms with Gasteiger partial charge in [-0.3, -0.25) is 4.98 Å². The van der Waals surface area contributed by atoms with Crippen molar-refractivity contribution < 1.29 is 8.78 Å². The van der Waals surface area contributed by atoms with E-state index < -0.39 is 11.6 Å². The van der Waals surface area contributed by atoms with Gasteiger partial charge in [0, 0.05) is 24.2 Å². The largest absolute Gasteiger partial charge is 0.310 e. The van der Waals surface area contributed by atoms with E-state index in [0.29, 0.717) is 16.4 Å². The standard InChI is InChI=1S/C18H11ClF2N4/c1-25-17(15-10-4-3-9-22-14(10)8-7-11(15)19)23-24-18(25)16-12(20)5-2-6-13(16)21/h2-9H,1H3. The van der Waals surface area contributed by atoms with Crippen molar-refractivity contribution in [3.05, 3.63) is 65.3 Å². The number of hydrogen-bond donors (Lipinski definition) is 0. The van der Waals surface area contributed by atoms with Gasteiger partial charge in [0.1, 0.15) is 11.6 Å². The van der Waals surface area contributed by atoms with Crippen molar-refractivity contribution >= 4 is 22.5 Å². The number of hydrogen-bond acceptors (Lipinski definition) is 3. The number of rotatable bonds is 2. The Bertz CT molecular complexity index is 1090. The highest BCUT2D eigenvalue weighted by atomic mass is 35.5. The van der Waals surface area contributed by atoms with Gasteiger partial charge in [0.05, 0.1) is 16.1 Å². The van der Waals surface area contributed by atoms with E-state index in [1.165, 1.54) is 22.8 Å². The predicted octanol–water partition coefficient (Wildman–Crippen LogP) is 4.63. The Hall–Kier alpha value is -2.86. The normalized spacial score (nSPS) is 11.2.